The summed E-state index contributed by atoms with van der Waals surface area (Å²) in [6, 6.07) is 39.9. The van der Waals surface area contributed by atoms with Crippen LogP contribution in [-0.4, -0.2) is 0 Å². The Bertz CT molecular complexity index is 2140. The van der Waals surface area contributed by atoms with E-state index in [2.05, 4.69) is 78.9 Å². The fourth-order valence-corrected chi connectivity index (χ4v) is 6.98. The molecule has 2 aliphatic carbocycles. The molecule has 8 N–H and O–H groups in total. The Morgan fingerprint density at radius 1 is 0.500 bits per heavy atom. The third-order valence-corrected chi connectivity index (χ3v) is 9.15. The molecule has 0 bridgehead atoms. The topological polar surface area (TPSA) is 104 Å². The largest absolute Gasteiger partial charge is 0.399 e. The lowest BCUT2D eigenvalue weighted by Gasteiger charge is -2.33. The van der Waals surface area contributed by atoms with E-state index >= 15 is 0 Å². The minimum absolute atomic E-state index is 0.0783. The van der Waals surface area contributed by atoms with Gasteiger partial charge in [-0.3, -0.25) is 0 Å². The lowest BCUT2D eigenvalue weighted by Crippen LogP contribution is -2.14. The first kappa shape index (κ1) is 25.9. The molecule has 212 valence electrons. The minimum atomic E-state index is 0.0783. The van der Waals surface area contributed by atoms with E-state index in [1.807, 2.05) is 48.5 Å². The molecule has 0 amide bonds. The van der Waals surface area contributed by atoms with E-state index in [-0.39, 0.29) is 5.92 Å². The van der Waals surface area contributed by atoms with Gasteiger partial charge in [-0.2, -0.15) is 0 Å². The third-order valence-electron chi connectivity index (χ3n) is 9.15. The van der Waals surface area contributed by atoms with Gasteiger partial charge in [-0.25, -0.2) is 0 Å². The molecule has 1 atom stereocenters. The van der Waals surface area contributed by atoms with Crippen LogP contribution in [0.5, 0.6) is 0 Å². The molecule has 0 saturated carbocycles. The lowest BCUT2D eigenvalue weighted by molar-refractivity contribution is 1.07. The summed E-state index contributed by atoms with van der Waals surface area (Å²) in [6.45, 7) is 0. The first-order valence-corrected chi connectivity index (χ1v) is 14.9. The molecule has 6 aromatic carbocycles. The quantitative estimate of drug-likeness (QED) is 0.160. The van der Waals surface area contributed by atoms with Crippen molar-refractivity contribution in [3.63, 3.8) is 0 Å². The standard InChI is InChI=1S/C40H32N4/c41-27-9-1-23(2-10-27)35-21-36(24-3-11-28(42)12-4-24)32-19-20-34-38(26-7-15-30(44)16-8-26)22-37(25-5-13-29(43)14-6-25)33-18-17-31(35)39(32)40(33)34/h1-19,21-22,36H,20,41-44H2. The average Bonchev–Trinajstić information content (AvgIpc) is 3.05. The normalized spacial score (nSPS) is 15.1. The van der Waals surface area contributed by atoms with Crippen molar-refractivity contribution in [1.29, 1.82) is 0 Å². The molecule has 44 heavy (non-hydrogen) atoms. The fraction of sp³-hybridized carbons (Fsp3) is 0.0500. The van der Waals surface area contributed by atoms with Gasteiger partial charge in [0.05, 0.1) is 0 Å². The van der Waals surface area contributed by atoms with Crippen LogP contribution in [0.25, 0.3) is 44.2 Å². The van der Waals surface area contributed by atoms with Gasteiger partial charge in [0.2, 0.25) is 0 Å². The van der Waals surface area contributed by atoms with Crippen LogP contribution in [-0.2, 0) is 6.42 Å². The first-order valence-electron chi connectivity index (χ1n) is 14.9. The molecule has 0 fully saturated rings. The van der Waals surface area contributed by atoms with Crippen LogP contribution in [0.4, 0.5) is 22.7 Å². The van der Waals surface area contributed by atoms with E-state index in [1.54, 1.807) is 0 Å². The van der Waals surface area contributed by atoms with Crippen molar-refractivity contribution in [3.05, 3.63) is 155 Å². The van der Waals surface area contributed by atoms with Gasteiger partial charge < -0.3 is 22.9 Å². The minimum Gasteiger partial charge on any atom is -0.399 e. The summed E-state index contributed by atoms with van der Waals surface area (Å²) >= 11 is 0. The SMILES string of the molecule is Nc1ccc(C2=CC(c3ccc(N)cc3)C3=CCc4c(-c5ccc(N)cc5)cc(-c5ccc(N)cc5)c5ccc2c3c45)cc1. The van der Waals surface area contributed by atoms with Crippen LogP contribution in [0.1, 0.15) is 33.7 Å². The molecule has 4 heteroatoms. The van der Waals surface area contributed by atoms with Gasteiger partial charge in [-0.05, 0) is 133 Å². The molecule has 0 aromatic heterocycles. The van der Waals surface area contributed by atoms with Gasteiger partial charge in [0, 0.05) is 28.7 Å². The van der Waals surface area contributed by atoms with E-state index < -0.39 is 0 Å². The van der Waals surface area contributed by atoms with Crippen molar-refractivity contribution < 1.29 is 0 Å². The molecule has 6 aromatic rings. The van der Waals surface area contributed by atoms with Crippen LogP contribution in [0.2, 0.25) is 0 Å². The zero-order valence-corrected chi connectivity index (χ0v) is 24.2. The Morgan fingerprint density at radius 3 is 1.61 bits per heavy atom. The summed E-state index contributed by atoms with van der Waals surface area (Å²) in [4.78, 5) is 0. The Balaban J connectivity index is 1.47. The molecular weight excluding hydrogens is 536 g/mol. The Morgan fingerprint density at radius 2 is 1.02 bits per heavy atom. The van der Waals surface area contributed by atoms with Gasteiger partial charge in [-0.1, -0.05) is 72.8 Å². The highest BCUT2D eigenvalue weighted by Crippen LogP contribution is 2.53. The summed E-state index contributed by atoms with van der Waals surface area (Å²) in [5.74, 6) is 0.0783. The van der Waals surface area contributed by atoms with E-state index in [4.69, 9.17) is 22.9 Å². The number of benzene rings is 6. The maximum Gasteiger partial charge on any atom is 0.0314 e. The number of nitrogen functional groups attached to an aromatic ring is 4. The van der Waals surface area contributed by atoms with Gasteiger partial charge in [-0.15, -0.1) is 0 Å². The highest BCUT2D eigenvalue weighted by atomic mass is 14.5. The fourth-order valence-electron chi connectivity index (χ4n) is 6.98. The molecule has 0 saturated heterocycles. The summed E-state index contributed by atoms with van der Waals surface area (Å²) in [5.41, 5.74) is 41.0. The van der Waals surface area contributed by atoms with Crippen molar-refractivity contribution in [2.45, 2.75) is 12.3 Å². The number of rotatable bonds is 4. The second kappa shape index (κ2) is 9.92. The van der Waals surface area contributed by atoms with Gasteiger partial charge in [0.15, 0.2) is 0 Å². The van der Waals surface area contributed by atoms with Gasteiger partial charge >= 0.3 is 0 Å². The number of hydrogen-bond donors (Lipinski definition) is 4. The van der Waals surface area contributed by atoms with Gasteiger partial charge in [0.1, 0.15) is 0 Å². The van der Waals surface area contributed by atoms with E-state index in [0.29, 0.717) is 0 Å². The van der Waals surface area contributed by atoms with Crippen LogP contribution in [0.15, 0.2) is 127 Å². The van der Waals surface area contributed by atoms with E-state index in [9.17, 15) is 0 Å². The second-order valence-electron chi connectivity index (χ2n) is 11.8. The Labute approximate surface area is 256 Å². The maximum atomic E-state index is 6.12. The van der Waals surface area contributed by atoms with Crippen LogP contribution in [0.3, 0.4) is 0 Å². The van der Waals surface area contributed by atoms with Crippen LogP contribution >= 0.6 is 0 Å². The van der Waals surface area contributed by atoms with Crippen molar-refractivity contribution >= 4 is 44.7 Å². The smallest absolute Gasteiger partial charge is 0.0314 e. The molecule has 1 unspecified atom stereocenters. The maximum absolute atomic E-state index is 6.12. The zero-order chi connectivity index (χ0) is 29.9. The monoisotopic (exact) mass is 568 g/mol. The number of nitrogens with two attached hydrogens (primary N) is 4. The summed E-state index contributed by atoms with van der Waals surface area (Å²) in [5, 5.41) is 2.55. The number of allylic oxidation sites excluding steroid dienone is 3. The lowest BCUT2D eigenvalue weighted by atomic mass is 9.70. The highest BCUT2D eigenvalue weighted by molar-refractivity contribution is 6.13. The Hall–Kier alpha value is -5.74. The molecule has 4 nitrogen and oxygen atoms in total. The molecule has 8 rings (SSSR count). The number of anilines is 4. The van der Waals surface area contributed by atoms with E-state index in [0.717, 1.165) is 45.9 Å². The summed E-state index contributed by atoms with van der Waals surface area (Å²) in [7, 11) is 0. The van der Waals surface area contributed by atoms with E-state index in [1.165, 1.54) is 55.3 Å². The predicted molar refractivity (Wildman–Crippen MR) is 187 cm³/mol. The molecule has 0 aliphatic heterocycles. The number of hydrogen-bond acceptors (Lipinski definition) is 4. The second-order valence-corrected chi connectivity index (χ2v) is 11.8. The zero-order valence-electron chi connectivity index (χ0n) is 24.2. The highest BCUT2D eigenvalue weighted by Gasteiger charge is 2.32. The molecule has 2 aliphatic rings. The van der Waals surface area contributed by atoms with Crippen molar-refractivity contribution in [2.24, 2.45) is 0 Å². The van der Waals surface area contributed by atoms with Crippen LogP contribution in [0, 0.1) is 0 Å². The molecule has 0 radical (unpaired) electrons. The molecule has 0 heterocycles. The van der Waals surface area contributed by atoms with Crippen LogP contribution < -0.4 is 22.9 Å². The summed E-state index contributed by atoms with van der Waals surface area (Å²) in [6.07, 6.45) is 5.68. The van der Waals surface area contributed by atoms with Crippen molar-refractivity contribution in [3.8, 4) is 22.3 Å². The molecule has 0 spiro atoms. The predicted octanol–water partition coefficient (Wildman–Crippen LogP) is 8.67. The first-order chi connectivity index (χ1) is 21.4. The Kier molecular flexibility index (Phi) is 5.85. The third kappa shape index (κ3) is 4.15. The van der Waals surface area contributed by atoms with Crippen molar-refractivity contribution in [2.75, 3.05) is 22.9 Å². The average molecular weight is 569 g/mol. The van der Waals surface area contributed by atoms with Gasteiger partial charge in [0.25, 0.3) is 0 Å². The molecular formula is C40H32N4. The summed E-state index contributed by atoms with van der Waals surface area (Å²) < 4.78 is 0. The van der Waals surface area contributed by atoms with Crippen molar-refractivity contribution in [1.82, 2.24) is 0 Å².